The van der Waals surface area contributed by atoms with Crippen LogP contribution in [0.25, 0.3) is 0 Å². The van der Waals surface area contributed by atoms with Crippen molar-refractivity contribution in [3.63, 3.8) is 0 Å². The number of hydrogen-bond acceptors (Lipinski definition) is 5. The summed E-state index contributed by atoms with van der Waals surface area (Å²) in [6.07, 6.45) is 1.64. The molecule has 0 fully saturated rings. The monoisotopic (exact) mass is 209 g/mol. The molecule has 0 saturated heterocycles. The molecular weight excluding hydrogens is 198 g/mol. The molecule has 0 bridgehead atoms. The van der Waals surface area contributed by atoms with Crippen molar-refractivity contribution in [2.24, 2.45) is 0 Å². The molecule has 0 radical (unpaired) electrons. The third-order valence-electron chi connectivity index (χ3n) is 1.76. The summed E-state index contributed by atoms with van der Waals surface area (Å²) in [6.45, 7) is 3.46. The summed E-state index contributed by atoms with van der Waals surface area (Å²) in [5, 5.41) is 10.0. The summed E-state index contributed by atoms with van der Waals surface area (Å²) in [4.78, 5) is 4.34. The topological polar surface area (TPSA) is 51.0 Å². The third kappa shape index (κ3) is 2.40. The first-order valence-corrected chi connectivity index (χ1v) is 5.24. The number of nitrogens with zero attached hydrogens (tertiary/aromatic N) is 2. The van der Waals surface area contributed by atoms with Crippen molar-refractivity contribution >= 4 is 11.3 Å². The van der Waals surface area contributed by atoms with Crippen LogP contribution in [0.5, 0.6) is 0 Å². The number of hydrogen-bond donors (Lipinski definition) is 1. The lowest BCUT2D eigenvalue weighted by Gasteiger charge is -1.97. The van der Waals surface area contributed by atoms with Gasteiger partial charge in [-0.25, -0.2) is 4.98 Å². The first kappa shape index (κ1) is 9.36. The highest BCUT2D eigenvalue weighted by molar-refractivity contribution is 7.09. The van der Waals surface area contributed by atoms with Gasteiger partial charge < -0.3 is 9.84 Å². The maximum atomic E-state index is 4.95. The average molecular weight is 209 g/mol. The molecule has 2 aromatic heterocycles. The third-order valence-corrected chi connectivity index (χ3v) is 2.59. The summed E-state index contributed by atoms with van der Waals surface area (Å²) in [5.41, 5.74) is 1.08. The molecule has 0 aliphatic heterocycles. The maximum absolute atomic E-state index is 4.95. The Morgan fingerprint density at radius 3 is 3.07 bits per heavy atom. The number of aromatic nitrogens is 2. The van der Waals surface area contributed by atoms with Crippen LogP contribution in [0.3, 0.4) is 0 Å². The second-order valence-electron chi connectivity index (χ2n) is 2.94. The van der Waals surface area contributed by atoms with E-state index in [0.29, 0.717) is 6.54 Å². The van der Waals surface area contributed by atoms with Crippen LogP contribution in [0.4, 0.5) is 0 Å². The predicted molar refractivity (Wildman–Crippen MR) is 53.9 cm³/mol. The second kappa shape index (κ2) is 4.34. The Hall–Kier alpha value is -1.20. The van der Waals surface area contributed by atoms with Crippen molar-refractivity contribution in [1.82, 2.24) is 15.5 Å². The van der Waals surface area contributed by atoms with Gasteiger partial charge in [0.05, 0.1) is 23.4 Å². The van der Waals surface area contributed by atoms with E-state index in [1.165, 1.54) is 0 Å². The molecule has 74 valence electrons. The maximum Gasteiger partial charge on any atom is 0.150 e. The van der Waals surface area contributed by atoms with Gasteiger partial charge in [-0.1, -0.05) is 5.16 Å². The summed E-state index contributed by atoms with van der Waals surface area (Å²) in [7, 11) is 0. The molecule has 0 spiro atoms. The Morgan fingerprint density at radius 1 is 1.50 bits per heavy atom. The fraction of sp³-hybridized carbons (Fsp3) is 0.333. The van der Waals surface area contributed by atoms with Crippen LogP contribution < -0.4 is 5.32 Å². The van der Waals surface area contributed by atoms with Crippen molar-refractivity contribution in [1.29, 1.82) is 0 Å². The molecule has 5 heteroatoms. The van der Waals surface area contributed by atoms with E-state index in [-0.39, 0.29) is 0 Å². The van der Waals surface area contributed by atoms with Crippen molar-refractivity contribution in [3.8, 4) is 0 Å². The fourth-order valence-corrected chi connectivity index (χ4v) is 1.75. The van der Waals surface area contributed by atoms with Crippen LogP contribution in [0, 0.1) is 6.92 Å². The molecule has 0 aliphatic rings. The second-order valence-corrected chi connectivity index (χ2v) is 4.00. The van der Waals surface area contributed by atoms with E-state index >= 15 is 0 Å². The highest BCUT2D eigenvalue weighted by atomic mass is 32.1. The summed E-state index contributed by atoms with van der Waals surface area (Å²) >= 11 is 1.67. The minimum Gasteiger partial charge on any atom is -0.360 e. The van der Waals surface area contributed by atoms with E-state index in [9.17, 15) is 0 Å². The van der Waals surface area contributed by atoms with Crippen LogP contribution in [-0.4, -0.2) is 10.1 Å². The van der Waals surface area contributed by atoms with Gasteiger partial charge in [0.15, 0.2) is 0 Å². The lowest BCUT2D eigenvalue weighted by Crippen LogP contribution is -2.12. The zero-order chi connectivity index (χ0) is 9.80. The van der Waals surface area contributed by atoms with Gasteiger partial charge in [-0.3, -0.25) is 0 Å². The van der Waals surface area contributed by atoms with Gasteiger partial charge in [-0.2, -0.15) is 0 Å². The van der Waals surface area contributed by atoms with Gasteiger partial charge >= 0.3 is 0 Å². The van der Waals surface area contributed by atoms with Crippen LogP contribution in [-0.2, 0) is 13.1 Å². The summed E-state index contributed by atoms with van der Waals surface area (Å²) in [6, 6.07) is 1.85. The molecule has 1 N–H and O–H groups in total. The van der Waals surface area contributed by atoms with Gasteiger partial charge in [0.25, 0.3) is 0 Å². The summed E-state index contributed by atoms with van der Waals surface area (Å²) in [5.74, 6) is 0.844. The molecule has 2 rings (SSSR count). The van der Waals surface area contributed by atoms with Crippen molar-refractivity contribution in [3.05, 3.63) is 34.1 Å². The molecular formula is C9H11N3OS. The van der Waals surface area contributed by atoms with Crippen LogP contribution >= 0.6 is 11.3 Å². The van der Waals surface area contributed by atoms with Crippen LogP contribution in [0.1, 0.15) is 16.5 Å². The smallest absolute Gasteiger partial charge is 0.150 e. The molecule has 0 atom stereocenters. The molecule has 0 unspecified atom stereocenters. The van der Waals surface area contributed by atoms with Gasteiger partial charge in [0.1, 0.15) is 5.76 Å². The minimum absolute atomic E-state index is 0.691. The van der Waals surface area contributed by atoms with Gasteiger partial charge in [0.2, 0.25) is 0 Å². The number of thiazole rings is 1. The SMILES string of the molecule is Cc1nc(CNCc2ccno2)cs1. The molecule has 0 aliphatic carbocycles. The van der Waals surface area contributed by atoms with Gasteiger partial charge in [-0.05, 0) is 6.92 Å². The van der Waals surface area contributed by atoms with Crippen molar-refractivity contribution < 1.29 is 4.52 Å². The highest BCUT2D eigenvalue weighted by Crippen LogP contribution is 2.07. The summed E-state index contributed by atoms with van der Waals surface area (Å²) < 4.78 is 4.95. The lowest BCUT2D eigenvalue weighted by molar-refractivity contribution is 0.372. The minimum atomic E-state index is 0.691. The quantitative estimate of drug-likeness (QED) is 0.833. The van der Waals surface area contributed by atoms with Crippen LogP contribution in [0.2, 0.25) is 0 Å². The van der Waals surface area contributed by atoms with Gasteiger partial charge in [-0.15, -0.1) is 11.3 Å². The average Bonchev–Trinajstić information content (AvgIpc) is 2.77. The molecule has 4 nitrogen and oxygen atoms in total. The molecule has 0 saturated carbocycles. The Bertz CT molecular complexity index is 382. The van der Waals surface area contributed by atoms with E-state index in [4.69, 9.17) is 4.52 Å². The Labute approximate surface area is 86.0 Å². The Kier molecular flexibility index (Phi) is 2.90. The first-order chi connectivity index (χ1) is 6.84. The number of rotatable bonds is 4. The Balaban J connectivity index is 1.78. The largest absolute Gasteiger partial charge is 0.360 e. The predicted octanol–water partition coefficient (Wildman–Crippen LogP) is 1.73. The van der Waals surface area contributed by atoms with E-state index < -0.39 is 0 Å². The molecule has 2 aromatic rings. The van der Waals surface area contributed by atoms with E-state index in [1.54, 1.807) is 17.5 Å². The van der Waals surface area contributed by atoms with Crippen molar-refractivity contribution in [2.75, 3.05) is 0 Å². The number of aryl methyl sites for hydroxylation is 1. The molecule has 2 heterocycles. The molecule has 0 aromatic carbocycles. The van der Waals surface area contributed by atoms with Crippen molar-refractivity contribution in [2.45, 2.75) is 20.0 Å². The first-order valence-electron chi connectivity index (χ1n) is 4.36. The Morgan fingerprint density at radius 2 is 2.43 bits per heavy atom. The zero-order valence-electron chi connectivity index (χ0n) is 7.86. The van der Waals surface area contributed by atoms with Gasteiger partial charge in [0, 0.05) is 18.0 Å². The lowest BCUT2D eigenvalue weighted by atomic mass is 10.4. The van der Waals surface area contributed by atoms with Crippen LogP contribution in [0.15, 0.2) is 22.2 Å². The molecule has 14 heavy (non-hydrogen) atoms. The molecule has 0 amide bonds. The van der Waals surface area contributed by atoms with E-state index in [0.717, 1.165) is 23.0 Å². The standard InChI is InChI=1S/C9H11N3OS/c1-7-12-8(6-14-7)4-10-5-9-2-3-11-13-9/h2-3,6,10H,4-5H2,1H3. The number of nitrogens with one attached hydrogen (secondary N) is 1. The zero-order valence-corrected chi connectivity index (χ0v) is 8.67. The highest BCUT2D eigenvalue weighted by Gasteiger charge is 1.99. The fourth-order valence-electron chi connectivity index (χ4n) is 1.14. The van der Waals surface area contributed by atoms with E-state index in [1.807, 2.05) is 13.0 Å². The normalized spacial score (nSPS) is 10.6. The van der Waals surface area contributed by atoms with E-state index in [2.05, 4.69) is 20.8 Å².